The number of hydrogen-bond acceptors (Lipinski definition) is 0. The van der Waals surface area contributed by atoms with Crippen molar-refractivity contribution < 1.29 is 8.78 Å². The number of halogens is 2. The summed E-state index contributed by atoms with van der Waals surface area (Å²) in [7, 11) is 0. The molecular weight excluding hydrogens is 302 g/mol. The fraction of sp³-hybridized carbons (Fsp3) is 1.00. The normalized spacial score (nSPS) is 85.2. The molecule has 0 heterocycles. The van der Waals surface area contributed by atoms with Crippen LogP contribution in [0.25, 0.3) is 0 Å². The van der Waals surface area contributed by atoms with Crippen LogP contribution in [0.5, 0.6) is 0 Å². The van der Waals surface area contributed by atoms with Gasteiger partial charge < -0.3 is 0 Å². The van der Waals surface area contributed by atoms with Gasteiger partial charge in [0, 0.05) is 0 Å². The Morgan fingerprint density at radius 2 is 0.792 bits per heavy atom. The molecule has 0 radical (unpaired) electrons. The molecule has 0 aromatic carbocycles. The van der Waals surface area contributed by atoms with Gasteiger partial charge in [-0.15, -0.1) is 0 Å². The maximum Gasteiger partial charge on any atom is 0.112 e. The minimum atomic E-state index is -0.798. The molecule has 24 heavy (non-hydrogen) atoms. The van der Waals surface area contributed by atoms with E-state index >= 15 is 8.78 Å². The van der Waals surface area contributed by atoms with Gasteiger partial charge in [-0.3, -0.25) is 0 Å². The Balaban J connectivity index is 1.40. The van der Waals surface area contributed by atoms with Crippen LogP contribution in [0.1, 0.15) is 51.4 Å². The third kappa shape index (κ3) is 0.849. The summed E-state index contributed by atoms with van der Waals surface area (Å²) < 4.78 is 31.4. The lowest BCUT2D eigenvalue weighted by molar-refractivity contribution is -0.447. The van der Waals surface area contributed by atoms with Gasteiger partial charge >= 0.3 is 0 Å². The van der Waals surface area contributed by atoms with Crippen molar-refractivity contribution in [3.05, 3.63) is 0 Å². The smallest absolute Gasteiger partial charge is 0.112 e. The Morgan fingerprint density at radius 3 is 1.12 bits per heavy atom. The van der Waals surface area contributed by atoms with E-state index in [-0.39, 0.29) is 0 Å². The van der Waals surface area contributed by atoms with Crippen molar-refractivity contribution in [2.24, 2.45) is 70.0 Å². The lowest BCUT2D eigenvalue weighted by atomic mass is 9.13. The molecule has 8 unspecified atom stereocenters. The first-order chi connectivity index (χ1) is 11.5. The van der Waals surface area contributed by atoms with Crippen LogP contribution in [0, 0.1) is 70.0 Å². The molecular formula is C22H26F2. The van der Waals surface area contributed by atoms with Gasteiger partial charge in [-0.2, -0.15) is 0 Å². The molecule has 13 fully saturated rings. The van der Waals surface area contributed by atoms with Crippen LogP contribution >= 0.6 is 0 Å². The van der Waals surface area contributed by atoms with Gasteiger partial charge in [-0.1, -0.05) is 0 Å². The fourth-order valence-corrected chi connectivity index (χ4v) is 13.4. The second-order valence-electron chi connectivity index (χ2n) is 12.4. The molecule has 0 aliphatic heterocycles. The van der Waals surface area contributed by atoms with Gasteiger partial charge in [-0.05, 0) is 121 Å². The highest BCUT2D eigenvalue weighted by Crippen LogP contribution is 2.93. The first-order valence-electron chi connectivity index (χ1n) is 10.9. The summed E-state index contributed by atoms with van der Waals surface area (Å²) in [5, 5.41) is 0. The van der Waals surface area contributed by atoms with Crippen molar-refractivity contribution in [1.82, 2.24) is 0 Å². The zero-order valence-electron chi connectivity index (χ0n) is 14.2. The molecule has 14 bridgehead atoms. The van der Waals surface area contributed by atoms with E-state index in [1.807, 2.05) is 0 Å². The topological polar surface area (TPSA) is 0 Å². The monoisotopic (exact) mass is 328 g/mol. The molecule has 8 atom stereocenters. The first kappa shape index (κ1) is 12.3. The molecule has 0 amide bonds. The molecule has 0 nitrogen and oxygen atoms in total. The second kappa shape index (κ2) is 2.85. The highest BCUT2D eigenvalue weighted by molar-refractivity contribution is 5.37. The number of alkyl halides is 2. The van der Waals surface area contributed by atoms with Crippen LogP contribution in [0.4, 0.5) is 8.78 Å². The Bertz CT molecular complexity index is 638. The van der Waals surface area contributed by atoms with Crippen molar-refractivity contribution in [2.75, 3.05) is 0 Å². The molecule has 13 aliphatic rings. The molecule has 0 aromatic rings. The zero-order valence-corrected chi connectivity index (χ0v) is 14.2. The van der Waals surface area contributed by atoms with Crippen LogP contribution < -0.4 is 0 Å². The summed E-state index contributed by atoms with van der Waals surface area (Å²) in [6.07, 6.45) is 8.07. The van der Waals surface area contributed by atoms with Gasteiger partial charge in [0.15, 0.2) is 0 Å². The molecule has 13 saturated carbocycles. The lowest BCUT2D eigenvalue weighted by Gasteiger charge is -2.91. The third-order valence-electron chi connectivity index (χ3n) is 12.4. The Labute approximate surface area is 142 Å². The minimum absolute atomic E-state index is 0.391. The van der Waals surface area contributed by atoms with E-state index in [2.05, 4.69) is 0 Å². The molecule has 0 aromatic heterocycles. The van der Waals surface area contributed by atoms with E-state index < -0.39 is 11.3 Å². The van der Waals surface area contributed by atoms with Gasteiger partial charge in [0.2, 0.25) is 0 Å². The summed E-state index contributed by atoms with van der Waals surface area (Å²) in [6.45, 7) is 0. The van der Waals surface area contributed by atoms with Crippen LogP contribution in [0.15, 0.2) is 0 Å². The molecule has 128 valence electrons. The van der Waals surface area contributed by atoms with Crippen molar-refractivity contribution in [3.8, 4) is 0 Å². The summed E-state index contributed by atoms with van der Waals surface area (Å²) in [5.74, 6) is 7.67. The summed E-state index contributed by atoms with van der Waals surface area (Å²) in [5.41, 5.74) is -0.815. The second-order valence-corrected chi connectivity index (χ2v) is 12.4. The molecule has 0 N–H and O–H groups in total. The Morgan fingerprint density at radius 1 is 0.458 bits per heavy atom. The Hall–Kier alpha value is -0.140. The number of rotatable bonds is 0. The Kier molecular flexibility index (Phi) is 1.46. The highest BCUT2D eigenvalue weighted by Gasteiger charge is 2.89. The third-order valence-corrected chi connectivity index (χ3v) is 12.4. The van der Waals surface area contributed by atoms with Crippen molar-refractivity contribution in [1.29, 1.82) is 0 Å². The number of hydrogen-bond donors (Lipinski definition) is 0. The van der Waals surface area contributed by atoms with Crippen molar-refractivity contribution in [2.45, 2.75) is 62.7 Å². The van der Waals surface area contributed by atoms with Gasteiger partial charge in [0.1, 0.15) is 11.3 Å². The minimum Gasteiger partial charge on any atom is -0.244 e. The quantitative estimate of drug-likeness (QED) is 0.600. The first-order valence-corrected chi connectivity index (χ1v) is 10.9. The maximum atomic E-state index is 15.7. The fourth-order valence-electron chi connectivity index (χ4n) is 13.4. The summed E-state index contributed by atoms with van der Waals surface area (Å²) in [4.78, 5) is 0. The molecule has 2 spiro atoms. The average molecular weight is 328 g/mol. The van der Waals surface area contributed by atoms with Crippen LogP contribution in [0.3, 0.4) is 0 Å². The van der Waals surface area contributed by atoms with E-state index in [4.69, 9.17) is 0 Å². The lowest BCUT2D eigenvalue weighted by Crippen LogP contribution is -2.88. The van der Waals surface area contributed by atoms with Gasteiger partial charge in [0.05, 0.1) is 0 Å². The van der Waals surface area contributed by atoms with Crippen LogP contribution in [-0.2, 0) is 0 Å². The SMILES string of the molecule is FC12CC3C4CC56CC7(F)CC8C9CC(C1)(C3C85)C(C4C2)C6C9C7. The largest absolute Gasteiger partial charge is 0.244 e. The molecule has 13 aliphatic carbocycles. The van der Waals surface area contributed by atoms with E-state index in [0.29, 0.717) is 34.5 Å². The van der Waals surface area contributed by atoms with Crippen molar-refractivity contribution in [3.63, 3.8) is 0 Å². The predicted molar refractivity (Wildman–Crippen MR) is 84.4 cm³/mol. The van der Waals surface area contributed by atoms with Crippen LogP contribution in [0.2, 0.25) is 0 Å². The van der Waals surface area contributed by atoms with E-state index in [1.165, 1.54) is 12.8 Å². The van der Waals surface area contributed by atoms with Crippen molar-refractivity contribution >= 4 is 0 Å². The average Bonchev–Trinajstić information content (AvgIpc) is 2.50. The predicted octanol–water partition coefficient (Wildman–Crippen LogP) is 4.78. The molecule has 0 saturated heterocycles. The summed E-state index contributed by atoms with van der Waals surface area (Å²) >= 11 is 0. The highest BCUT2D eigenvalue weighted by atomic mass is 19.1. The van der Waals surface area contributed by atoms with E-state index in [1.54, 1.807) is 0 Å². The molecule has 13 rings (SSSR count). The standard InChI is InChI=1S/C22H26F2/c23-19-1-11-9-5-22-8-20(24)3-13-10-6-21(7-19,15(11)16(13)22)17(12(9)2-19)18(22)14(10)4-20/h9-18H,1-8H2. The van der Waals surface area contributed by atoms with Crippen LogP contribution in [-0.4, -0.2) is 11.3 Å². The maximum absolute atomic E-state index is 15.7. The van der Waals surface area contributed by atoms with Gasteiger partial charge in [-0.25, -0.2) is 8.78 Å². The van der Waals surface area contributed by atoms with E-state index in [0.717, 1.165) is 74.0 Å². The van der Waals surface area contributed by atoms with E-state index in [9.17, 15) is 0 Å². The zero-order chi connectivity index (χ0) is 15.4. The molecule has 2 heteroatoms. The summed E-state index contributed by atoms with van der Waals surface area (Å²) in [6, 6.07) is 0. The van der Waals surface area contributed by atoms with Gasteiger partial charge in [0.25, 0.3) is 0 Å².